The molecule has 0 aromatic carbocycles. The predicted molar refractivity (Wildman–Crippen MR) is 58.7 cm³/mol. The first-order valence-corrected chi connectivity index (χ1v) is 5.97. The molecule has 4 nitrogen and oxygen atoms in total. The number of ether oxygens (including phenoxy) is 1. The molecule has 0 rings (SSSR count). The number of aliphatic carboxylic acids is 1. The third-order valence-electron chi connectivity index (χ3n) is 1.67. The van der Waals surface area contributed by atoms with Crippen LogP contribution in [0.25, 0.3) is 0 Å². The summed E-state index contributed by atoms with van der Waals surface area (Å²) in [5, 5.41) is 8.50. The maximum absolute atomic E-state index is 10.4. The maximum Gasteiger partial charge on any atom is 0.320 e. The van der Waals surface area contributed by atoms with Crippen LogP contribution in [-0.4, -0.2) is 41.8 Å². The van der Waals surface area contributed by atoms with Gasteiger partial charge in [0.25, 0.3) is 0 Å². The molecule has 0 aromatic rings. The molecule has 0 saturated heterocycles. The van der Waals surface area contributed by atoms with E-state index in [4.69, 9.17) is 15.6 Å². The first kappa shape index (κ1) is 13.7. The fourth-order valence-corrected chi connectivity index (χ4v) is 1.79. The molecule has 0 spiro atoms. The van der Waals surface area contributed by atoms with Crippen LogP contribution in [0.15, 0.2) is 0 Å². The van der Waals surface area contributed by atoms with Gasteiger partial charge in [-0.25, -0.2) is 0 Å². The lowest BCUT2D eigenvalue weighted by Crippen LogP contribution is -2.30. The summed E-state index contributed by atoms with van der Waals surface area (Å²) in [6.45, 7) is 3.52. The van der Waals surface area contributed by atoms with Gasteiger partial charge in [-0.3, -0.25) is 4.79 Å². The molecule has 0 heterocycles. The number of carboxylic acids is 1. The van der Waals surface area contributed by atoms with Gasteiger partial charge in [0.1, 0.15) is 6.04 Å². The maximum atomic E-state index is 10.4. The molecule has 0 radical (unpaired) electrons. The minimum Gasteiger partial charge on any atom is -0.480 e. The van der Waals surface area contributed by atoms with Crippen LogP contribution in [-0.2, 0) is 9.53 Å². The zero-order valence-corrected chi connectivity index (χ0v) is 9.39. The van der Waals surface area contributed by atoms with Crippen molar-refractivity contribution < 1.29 is 14.6 Å². The van der Waals surface area contributed by atoms with Gasteiger partial charge >= 0.3 is 5.97 Å². The fraction of sp³-hybridized carbons (Fsp3) is 0.889. The topological polar surface area (TPSA) is 72.5 Å². The second kappa shape index (κ2) is 9.30. The van der Waals surface area contributed by atoms with Crippen molar-refractivity contribution in [2.45, 2.75) is 25.8 Å². The quantitative estimate of drug-likeness (QED) is 0.567. The summed E-state index contributed by atoms with van der Waals surface area (Å²) in [7, 11) is 0. The van der Waals surface area contributed by atoms with Gasteiger partial charge in [-0.05, 0) is 31.3 Å². The highest BCUT2D eigenvalue weighted by Gasteiger charge is 2.09. The van der Waals surface area contributed by atoms with Gasteiger partial charge in [-0.2, -0.15) is 11.8 Å². The summed E-state index contributed by atoms with van der Waals surface area (Å²) in [5.74, 6) is 0.895. The lowest BCUT2D eigenvalue weighted by atomic mass is 10.2. The zero-order valence-electron chi connectivity index (χ0n) is 8.57. The average Bonchev–Trinajstić information content (AvgIpc) is 2.16. The van der Waals surface area contributed by atoms with Gasteiger partial charge in [0.2, 0.25) is 0 Å². The SMILES string of the molecule is CCOCCCSCCC(N)C(=O)O. The highest BCUT2D eigenvalue weighted by Crippen LogP contribution is 2.06. The summed E-state index contributed by atoms with van der Waals surface area (Å²) < 4.78 is 5.17. The molecule has 1 atom stereocenters. The van der Waals surface area contributed by atoms with E-state index in [9.17, 15) is 4.79 Å². The van der Waals surface area contributed by atoms with Crippen LogP contribution in [0.3, 0.4) is 0 Å². The van der Waals surface area contributed by atoms with Gasteiger partial charge in [0.05, 0.1) is 0 Å². The Morgan fingerprint density at radius 1 is 1.57 bits per heavy atom. The minimum absolute atomic E-state index is 0.536. The van der Waals surface area contributed by atoms with Gasteiger partial charge in [0.15, 0.2) is 0 Å². The Labute approximate surface area is 89.2 Å². The Hall–Kier alpha value is -0.260. The van der Waals surface area contributed by atoms with Crippen LogP contribution < -0.4 is 5.73 Å². The first-order chi connectivity index (χ1) is 6.68. The molecule has 0 aliphatic rings. The number of hydrogen-bond acceptors (Lipinski definition) is 4. The van der Waals surface area contributed by atoms with Crippen LogP contribution in [0.1, 0.15) is 19.8 Å². The second-order valence-corrected chi connectivity index (χ2v) is 4.12. The number of thioether (sulfide) groups is 1. The molecular weight excluding hydrogens is 202 g/mol. The molecule has 5 heteroatoms. The van der Waals surface area contributed by atoms with Crippen LogP contribution in [0.4, 0.5) is 0 Å². The third-order valence-corrected chi connectivity index (χ3v) is 2.77. The number of nitrogens with two attached hydrogens (primary N) is 1. The van der Waals surface area contributed by atoms with Crippen LogP contribution in [0.2, 0.25) is 0 Å². The largest absolute Gasteiger partial charge is 0.480 e. The van der Waals surface area contributed by atoms with E-state index in [1.54, 1.807) is 11.8 Å². The van der Waals surface area contributed by atoms with E-state index in [1.165, 1.54) is 0 Å². The van der Waals surface area contributed by atoms with Crippen molar-refractivity contribution in [1.29, 1.82) is 0 Å². The van der Waals surface area contributed by atoms with Crippen molar-refractivity contribution in [2.75, 3.05) is 24.7 Å². The zero-order chi connectivity index (χ0) is 10.8. The first-order valence-electron chi connectivity index (χ1n) is 4.82. The van der Waals surface area contributed by atoms with E-state index in [2.05, 4.69) is 0 Å². The Balaban J connectivity index is 3.09. The molecule has 0 amide bonds. The van der Waals surface area contributed by atoms with Crippen molar-refractivity contribution in [3.8, 4) is 0 Å². The molecule has 0 aromatic heterocycles. The van der Waals surface area contributed by atoms with E-state index < -0.39 is 12.0 Å². The van der Waals surface area contributed by atoms with Crippen LogP contribution in [0, 0.1) is 0 Å². The summed E-state index contributed by atoms with van der Waals surface area (Å²) in [6, 6.07) is -0.714. The Morgan fingerprint density at radius 2 is 2.29 bits per heavy atom. The molecule has 3 N–H and O–H groups in total. The van der Waals surface area contributed by atoms with Crippen LogP contribution in [0.5, 0.6) is 0 Å². The monoisotopic (exact) mass is 221 g/mol. The summed E-state index contributed by atoms with van der Waals surface area (Å²) in [4.78, 5) is 10.4. The lowest BCUT2D eigenvalue weighted by molar-refractivity contribution is -0.138. The summed E-state index contributed by atoms with van der Waals surface area (Å²) in [6.07, 6.45) is 1.55. The molecule has 0 bridgehead atoms. The van der Waals surface area contributed by atoms with E-state index in [-0.39, 0.29) is 0 Å². The number of hydrogen-bond donors (Lipinski definition) is 2. The second-order valence-electron chi connectivity index (χ2n) is 2.90. The normalized spacial score (nSPS) is 12.7. The standard InChI is InChI=1S/C9H19NO3S/c1-2-13-5-3-6-14-7-4-8(10)9(11)12/h8H,2-7,10H2,1H3,(H,11,12). The van der Waals surface area contributed by atoms with Gasteiger partial charge in [-0.1, -0.05) is 0 Å². The summed E-state index contributed by atoms with van der Waals surface area (Å²) in [5.41, 5.74) is 5.34. The average molecular weight is 221 g/mol. The fourth-order valence-electron chi connectivity index (χ4n) is 0.843. The summed E-state index contributed by atoms with van der Waals surface area (Å²) >= 11 is 1.73. The molecule has 1 unspecified atom stereocenters. The van der Waals surface area contributed by atoms with E-state index >= 15 is 0 Å². The minimum atomic E-state index is -0.917. The van der Waals surface area contributed by atoms with Crippen molar-refractivity contribution in [2.24, 2.45) is 5.73 Å². The Bertz CT molecular complexity index is 155. The highest BCUT2D eigenvalue weighted by atomic mass is 32.2. The predicted octanol–water partition coefficient (Wildman–Crippen LogP) is 0.948. The molecule has 0 aliphatic heterocycles. The van der Waals surface area contributed by atoms with Gasteiger partial charge in [0, 0.05) is 13.2 Å². The van der Waals surface area contributed by atoms with Crippen molar-refractivity contribution in [3.63, 3.8) is 0 Å². The van der Waals surface area contributed by atoms with E-state index in [1.807, 2.05) is 6.92 Å². The lowest BCUT2D eigenvalue weighted by Gasteiger charge is -2.05. The van der Waals surface area contributed by atoms with Gasteiger partial charge in [-0.15, -0.1) is 0 Å². The number of carboxylic acid groups (broad SMARTS) is 1. The van der Waals surface area contributed by atoms with Crippen molar-refractivity contribution in [3.05, 3.63) is 0 Å². The van der Waals surface area contributed by atoms with Crippen LogP contribution >= 0.6 is 11.8 Å². The molecule has 84 valence electrons. The van der Waals surface area contributed by atoms with E-state index in [0.29, 0.717) is 6.42 Å². The number of carbonyl (C=O) groups is 1. The third kappa shape index (κ3) is 8.34. The molecule has 14 heavy (non-hydrogen) atoms. The Kier molecular flexibility index (Phi) is 9.13. The smallest absolute Gasteiger partial charge is 0.320 e. The van der Waals surface area contributed by atoms with E-state index in [0.717, 1.165) is 31.1 Å². The van der Waals surface area contributed by atoms with Crippen molar-refractivity contribution >= 4 is 17.7 Å². The molecule has 0 aliphatic carbocycles. The number of rotatable bonds is 9. The highest BCUT2D eigenvalue weighted by molar-refractivity contribution is 7.99. The molecular formula is C9H19NO3S. The molecule has 0 fully saturated rings. The Morgan fingerprint density at radius 3 is 2.86 bits per heavy atom. The molecule has 0 saturated carbocycles. The van der Waals surface area contributed by atoms with Gasteiger partial charge < -0.3 is 15.6 Å². The van der Waals surface area contributed by atoms with Crippen molar-refractivity contribution in [1.82, 2.24) is 0 Å².